The van der Waals surface area contributed by atoms with Crippen molar-refractivity contribution in [3.8, 4) is 0 Å². The maximum atomic E-state index is 12.2. The first-order valence-electron chi connectivity index (χ1n) is 6.48. The van der Waals surface area contributed by atoms with Gasteiger partial charge in [0.15, 0.2) is 0 Å². The average molecular weight is 334 g/mol. The molecule has 2 N–H and O–H groups in total. The third-order valence-electron chi connectivity index (χ3n) is 3.16. The molecule has 0 aliphatic carbocycles. The molecule has 1 fully saturated rings. The molecule has 9 heteroatoms. The van der Waals surface area contributed by atoms with E-state index >= 15 is 0 Å². The first-order valence-corrected chi connectivity index (χ1v) is 8.34. The summed E-state index contributed by atoms with van der Waals surface area (Å²) < 4.78 is 26.8. The molecule has 7 nitrogen and oxygen atoms in total. The van der Waals surface area contributed by atoms with E-state index in [1.54, 1.807) is 11.8 Å². The molecule has 1 atom stereocenters. The van der Waals surface area contributed by atoms with Crippen molar-refractivity contribution in [3.05, 3.63) is 27.6 Å². The van der Waals surface area contributed by atoms with Gasteiger partial charge in [0.2, 0.25) is 15.9 Å². The van der Waals surface area contributed by atoms with Gasteiger partial charge in [-0.1, -0.05) is 11.6 Å². The molecule has 21 heavy (non-hydrogen) atoms. The number of aromatic amines is 1. The van der Waals surface area contributed by atoms with Gasteiger partial charge in [-0.2, -0.15) is 0 Å². The summed E-state index contributed by atoms with van der Waals surface area (Å²) >= 11 is 5.62. The highest BCUT2D eigenvalue weighted by Crippen LogP contribution is 2.13. The Kier molecular flexibility index (Phi) is 4.70. The Bertz CT molecular complexity index is 701. The van der Waals surface area contributed by atoms with Crippen LogP contribution in [0.3, 0.4) is 0 Å². The Morgan fingerprint density at radius 1 is 1.48 bits per heavy atom. The Morgan fingerprint density at radius 2 is 2.19 bits per heavy atom. The van der Waals surface area contributed by atoms with Crippen molar-refractivity contribution in [1.82, 2.24) is 14.6 Å². The van der Waals surface area contributed by atoms with E-state index in [0.29, 0.717) is 19.5 Å². The molecular weight excluding hydrogens is 318 g/mol. The van der Waals surface area contributed by atoms with Crippen LogP contribution in [-0.2, 0) is 14.8 Å². The van der Waals surface area contributed by atoms with Crippen LogP contribution in [0.4, 0.5) is 0 Å². The summed E-state index contributed by atoms with van der Waals surface area (Å²) in [5.41, 5.74) is -0.550. The lowest BCUT2D eigenvalue weighted by atomic mass is 10.3. The maximum absolute atomic E-state index is 12.2. The molecule has 1 aromatic rings. The lowest BCUT2D eigenvalue weighted by Crippen LogP contribution is -2.42. The minimum Gasteiger partial charge on any atom is -0.341 e. The van der Waals surface area contributed by atoms with Gasteiger partial charge < -0.3 is 9.88 Å². The van der Waals surface area contributed by atoms with Gasteiger partial charge in [0.05, 0.1) is 4.90 Å². The Balaban J connectivity index is 2.07. The molecule has 1 unspecified atom stereocenters. The fourth-order valence-corrected chi connectivity index (χ4v) is 3.65. The number of halogens is 1. The summed E-state index contributed by atoms with van der Waals surface area (Å²) in [5, 5.41) is -0.194. The van der Waals surface area contributed by atoms with E-state index in [1.165, 1.54) is 0 Å². The maximum Gasteiger partial charge on any atom is 0.266 e. The smallest absolute Gasteiger partial charge is 0.266 e. The number of pyridine rings is 1. The topological polar surface area (TPSA) is 99.3 Å². The van der Waals surface area contributed by atoms with Crippen molar-refractivity contribution in [2.24, 2.45) is 0 Å². The predicted molar refractivity (Wildman–Crippen MR) is 77.7 cm³/mol. The summed E-state index contributed by atoms with van der Waals surface area (Å²) in [7, 11) is -3.80. The molecule has 2 rings (SSSR count). The lowest BCUT2D eigenvalue weighted by Gasteiger charge is -2.21. The molecule has 0 radical (unpaired) electrons. The van der Waals surface area contributed by atoms with Gasteiger partial charge in [0.25, 0.3) is 5.56 Å². The molecule has 0 bridgehead atoms. The normalized spacial score (nSPS) is 17.2. The number of rotatable bonds is 5. The summed E-state index contributed by atoms with van der Waals surface area (Å²) in [6, 6.07) is 0.652. The summed E-state index contributed by atoms with van der Waals surface area (Å²) in [4.78, 5) is 26.4. The second-order valence-electron chi connectivity index (χ2n) is 4.98. The van der Waals surface area contributed by atoms with Crippen LogP contribution < -0.4 is 10.3 Å². The molecule has 116 valence electrons. The SMILES string of the molecule is CC(CN1CCCC1=O)NS(=O)(=O)c1c[nH]c(=O)c(Cl)c1. The summed E-state index contributed by atoms with van der Waals surface area (Å²) in [5.74, 6) is 0.0353. The molecule has 1 aromatic heterocycles. The Labute approximate surface area is 127 Å². The first-order chi connectivity index (χ1) is 9.79. The first kappa shape index (κ1) is 16.0. The van der Waals surface area contributed by atoms with E-state index in [-0.39, 0.29) is 15.8 Å². The van der Waals surface area contributed by atoms with Crippen molar-refractivity contribution in [2.75, 3.05) is 13.1 Å². The van der Waals surface area contributed by atoms with Crippen LogP contribution in [0, 0.1) is 0 Å². The van der Waals surface area contributed by atoms with E-state index < -0.39 is 21.6 Å². The highest BCUT2D eigenvalue weighted by molar-refractivity contribution is 7.89. The quantitative estimate of drug-likeness (QED) is 0.810. The fraction of sp³-hybridized carbons (Fsp3) is 0.500. The molecule has 1 amide bonds. The van der Waals surface area contributed by atoms with Crippen molar-refractivity contribution in [3.63, 3.8) is 0 Å². The summed E-state index contributed by atoms with van der Waals surface area (Å²) in [6.45, 7) is 2.64. The minimum atomic E-state index is -3.80. The number of sulfonamides is 1. The number of nitrogens with zero attached hydrogens (tertiary/aromatic N) is 1. The van der Waals surface area contributed by atoms with Crippen LogP contribution in [0.2, 0.25) is 5.02 Å². The largest absolute Gasteiger partial charge is 0.341 e. The molecular formula is C12H16ClN3O4S. The highest BCUT2D eigenvalue weighted by atomic mass is 35.5. The third-order valence-corrected chi connectivity index (χ3v) is 5.01. The number of amides is 1. The number of nitrogens with one attached hydrogen (secondary N) is 2. The minimum absolute atomic E-state index is 0.0353. The van der Waals surface area contributed by atoms with Crippen LogP contribution in [0.15, 0.2) is 22.0 Å². The number of H-pyrrole nitrogens is 1. The van der Waals surface area contributed by atoms with Gasteiger partial charge in [0.1, 0.15) is 5.02 Å². The number of carbonyl (C=O) groups is 1. The molecule has 0 aromatic carbocycles. The molecule has 1 aliphatic heterocycles. The van der Waals surface area contributed by atoms with Crippen LogP contribution in [0.25, 0.3) is 0 Å². The van der Waals surface area contributed by atoms with Crippen LogP contribution >= 0.6 is 11.6 Å². The van der Waals surface area contributed by atoms with Gasteiger partial charge in [-0.05, 0) is 19.4 Å². The zero-order chi connectivity index (χ0) is 15.6. The number of aromatic nitrogens is 1. The number of hydrogen-bond acceptors (Lipinski definition) is 4. The number of carbonyl (C=O) groups excluding carboxylic acids is 1. The van der Waals surface area contributed by atoms with E-state index in [2.05, 4.69) is 9.71 Å². The second-order valence-corrected chi connectivity index (χ2v) is 7.10. The van der Waals surface area contributed by atoms with E-state index in [0.717, 1.165) is 18.7 Å². The van der Waals surface area contributed by atoms with E-state index in [4.69, 9.17) is 11.6 Å². The zero-order valence-electron chi connectivity index (χ0n) is 11.4. The van der Waals surface area contributed by atoms with Crippen molar-refractivity contribution >= 4 is 27.5 Å². The fourth-order valence-electron chi connectivity index (χ4n) is 2.19. The second kappa shape index (κ2) is 6.17. The monoisotopic (exact) mass is 333 g/mol. The van der Waals surface area contributed by atoms with Gasteiger partial charge in [0, 0.05) is 31.7 Å². The molecule has 1 saturated heterocycles. The van der Waals surface area contributed by atoms with Crippen LogP contribution in [0.5, 0.6) is 0 Å². The Hall–Kier alpha value is -1.38. The zero-order valence-corrected chi connectivity index (χ0v) is 13.0. The lowest BCUT2D eigenvalue weighted by molar-refractivity contribution is -0.127. The van der Waals surface area contributed by atoms with E-state index in [9.17, 15) is 18.0 Å². The van der Waals surface area contributed by atoms with Crippen molar-refractivity contribution in [2.45, 2.75) is 30.7 Å². The highest BCUT2D eigenvalue weighted by Gasteiger charge is 2.24. The third kappa shape index (κ3) is 3.84. The van der Waals surface area contributed by atoms with Crippen LogP contribution in [-0.4, -0.2) is 43.3 Å². The average Bonchev–Trinajstić information content (AvgIpc) is 2.77. The van der Waals surface area contributed by atoms with E-state index in [1.807, 2.05) is 0 Å². The summed E-state index contributed by atoms with van der Waals surface area (Å²) in [6.07, 6.45) is 2.40. The standard InChI is InChI=1S/C12H16ClN3O4S/c1-8(7-16-4-2-3-11(16)17)15-21(19,20)9-5-10(13)12(18)14-6-9/h5-6,8,15H,2-4,7H2,1H3,(H,14,18). The van der Waals surface area contributed by atoms with Gasteiger partial charge in [-0.3, -0.25) is 9.59 Å². The predicted octanol–water partition coefficient (Wildman–Crippen LogP) is 0.318. The molecule has 0 spiro atoms. The van der Waals surface area contributed by atoms with Crippen molar-refractivity contribution < 1.29 is 13.2 Å². The number of hydrogen-bond donors (Lipinski definition) is 2. The number of likely N-dealkylation sites (tertiary alicyclic amines) is 1. The molecule has 1 aliphatic rings. The van der Waals surface area contributed by atoms with Gasteiger partial charge in [-0.25, -0.2) is 13.1 Å². The van der Waals surface area contributed by atoms with Crippen molar-refractivity contribution in [1.29, 1.82) is 0 Å². The Morgan fingerprint density at radius 3 is 2.76 bits per heavy atom. The van der Waals surface area contributed by atoms with Gasteiger partial charge >= 0.3 is 0 Å². The van der Waals surface area contributed by atoms with Crippen LogP contribution in [0.1, 0.15) is 19.8 Å². The van der Waals surface area contributed by atoms with Gasteiger partial charge in [-0.15, -0.1) is 0 Å². The molecule has 2 heterocycles. The molecule has 0 saturated carbocycles.